The molecule has 0 aliphatic carbocycles. The van der Waals surface area contributed by atoms with Crippen molar-refractivity contribution < 1.29 is 22.4 Å². The third-order valence-electron chi connectivity index (χ3n) is 4.56. The van der Waals surface area contributed by atoms with Crippen LogP contribution in [0.1, 0.15) is 21.5 Å². The lowest BCUT2D eigenvalue weighted by Gasteiger charge is -2.19. The molecule has 3 aromatic carbocycles. The molecule has 144 valence electrons. The molecule has 0 bridgehead atoms. The Hall–Kier alpha value is -3.15. The molecule has 0 spiro atoms. The van der Waals surface area contributed by atoms with Crippen molar-refractivity contribution >= 4 is 5.91 Å². The minimum atomic E-state index is -4.86. The molecule has 3 rings (SSSR count). The van der Waals surface area contributed by atoms with Gasteiger partial charge in [-0.3, -0.25) is 4.79 Å². The number of carbonyl (C=O) groups excluding carboxylic acids is 1. The first-order valence-corrected chi connectivity index (χ1v) is 8.53. The van der Waals surface area contributed by atoms with Crippen LogP contribution in [0.2, 0.25) is 0 Å². The molecule has 0 aliphatic rings. The Labute approximate surface area is 159 Å². The van der Waals surface area contributed by atoms with Crippen molar-refractivity contribution in [2.24, 2.45) is 0 Å². The van der Waals surface area contributed by atoms with Gasteiger partial charge in [0.2, 0.25) is 0 Å². The van der Waals surface area contributed by atoms with Crippen molar-refractivity contribution in [3.05, 3.63) is 83.2 Å². The highest BCUT2D eigenvalue weighted by molar-refractivity contribution is 5.98. The standard InChI is InChI=1S/C22H17F4NO/c1-13-19(22(24,25)26)18(21(28)27-2)12-17(20(13)23)16-11-7-6-10-15(16)14-8-4-3-5-9-14/h3-12H,1-2H3,(H,27,28). The van der Waals surface area contributed by atoms with Crippen LogP contribution in [-0.4, -0.2) is 13.0 Å². The quantitative estimate of drug-likeness (QED) is 0.562. The van der Waals surface area contributed by atoms with Crippen molar-refractivity contribution in [2.75, 3.05) is 7.05 Å². The van der Waals surface area contributed by atoms with Crippen molar-refractivity contribution in [1.82, 2.24) is 5.32 Å². The fraction of sp³-hybridized carbons (Fsp3) is 0.136. The van der Waals surface area contributed by atoms with Crippen molar-refractivity contribution in [2.45, 2.75) is 13.1 Å². The summed E-state index contributed by atoms with van der Waals surface area (Å²) in [4.78, 5) is 12.1. The normalized spacial score (nSPS) is 11.4. The molecular formula is C22H17F4NO. The summed E-state index contributed by atoms with van der Waals surface area (Å²) in [5.74, 6) is -1.92. The molecule has 0 heterocycles. The summed E-state index contributed by atoms with van der Waals surface area (Å²) in [5.41, 5.74) is -0.666. The Balaban J connectivity index is 2.34. The molecule has 2 nitrogen and oxygen atoms in total. The number of rotatable bonds is 3. The second kappa shape index (κ2) is 7.46. The summed E-state index contributed by atoms with van der Waals surface area (Å²) >= 11 is 0. The zero-order valence-electron chi connectivity index (χ0n) is 15.2. The van der Waals surface area contributed by atoms with Crippen molar-refractivity contribution in [1.29, 1.82) is 0 Å². The SMILES string of the molecule is CNC(=O)c1cc(-c2ccccc2-c2ccccc2)c(F)c(C)c1C(F)(F)F. The summed E-state index contributed by atoms with van der Waals surface area (Å²) < 4.78 is 55.6. The van der Waals surface area contributed by atoms with Gasteiger partial charge in [0.05, 0.1) is 11.1 Å². The van der Waals surface area contributed by atoms with E-state index in [0.29, 0.717) is 11.1 Å². The van der Waals surface area contributed by atoms with Gasteiger partial charge in [-0.1, -0.05) is 54.6 Å². The monoisotopic (exact) mass is 387 g/mol. The van der Waals surface area contributed by atoms with Gasteiger partial charge in [-0.05, 0) is 35.2 Å². The maximum absolute atomic E-state index is 15.1. The van der Waals surface area contributed by atoms with Crippen LogP contribution in [0.3, 0.4) is 0 Å². The smallest absolute Gasteiger partial charge is 0.355 e. The highest BCUT2D eigenvalue weighted by atomic mass is 19.4. The van der Waals surface area contributed by atoms with Crippen molar-refractivity contribution in [3.63, 3.8) is 0 Å². The Bertz CT molecular complexity index is 1030. The lowest BCUT2D eigenvalue weighted by Crippen LogP contribution is -2.24. The van der Waals surface area contributed by atoms with Gasteiger partial charge in [-0.15, -0.1) is 0 Å². The molecule has 3 aromatic rings. The van der Waals surface area contributed by atoms with Gasteiger partial charge >= 0.3 is 6.18 Å². The van der Waals surface area contributed by atoms with E-state index in [-0.39, 0.29) is 5.56 Å². The molecule has 0 fully saturated rings. The van der Waals surface area contributed by atoms with E-state index in [2.05, 4.69) is 5.32 Å². The first-order valence-electron chi connectivity index (χ1n) is 8.53. The van der Waals surface area contributed by atoms with Crippen LogP contribution in [0.5, 0.6) is 0 Å². The van der Waals surface area contributed by atoms with Crippen LogP contribution in [0, 0.1) is 12.7 Å². The van der Waals surface area contributed by atoms with E-state index in [1.165, 1.54) is 7.05 Å². The average molecular weight is 387 g/mol. The van der Waals surface area contributed by atoms with E-state index >= 15 is 4.39 Å². The number of amides is 1. The van der Waals surface area contributed by atoms with Crippen LogP contribution in [0.4, 0.5) is 17.6 Å². The number of hydrogen-bond acceptors (Lipinski definition) is 1. The Morgan fingerprint density at radius 2 is 1.46 bits per heavy atom. The number of nitrogens with one attached hydrogen (secondary N) is 1. The predicted molar refractivity (Wildman–Crippen MR) is 100 cm³/mol. The van der Waals surface area contributed by atoms with Gasteiger partial charge in [0, 0.05) is 12.6 Å². The van der Waals surface area contributed by atoms with Gasteiger partial charge in [-0.25, -0.2) is 4.39 Å². The van der Waals surface area contributed by atoms with Gasteiger partial charge in [0.15, 0.2) is 0 Å². The van der Waals surface area contributed by atoms with E-state index < -0.39 is 34.6 Å². The van der Waals surface area contributed by atoms with Gasteiger partial charge in [0.1, 0.15) is 5.82 Å². The zero-order chi connectivity index (χ0) is 20.5. The Morgan fingerprint density at radius 1 is 0.893 bits per heavy atom. The van der Waals surface area contributed by atoms with E-state index in [1.54, 1.807) is 24.3 Å². The van der Waals surface area contributed by atoms with E-state index in [0.717, 1.165) is 18.6 Å². The van der Waals surface area contributed by atoms with Crippen LogP contribution in [0.15, 0.2) is 60.7 Å². The molecule has 0 aliphatic heterocycles. The molecule has 6 heteroatoms. The van der Waals surface area contributed by atoms with E-state index in [4.69, 9.17) is 0 Å². The second-order valence-electron chi connectivity index (χ2n) is 6.27. The van der Waals surface area contributed by atoms with Crippen molar-refractivity contribution in [3.8, 4) is 22.3 Å². The van der Waals surface area contributed by atoms with Crippen LogP contribution >= 0.6 is 0 Å². The maximum Gasteiger partial charge on any atom is 0.417 e. The first kappa shape index (κ1) is 19.6. The molecule has 0 radical (unpaired) electrons. The summed E-state index contributed by atoms with van der Waals surface area (Å²) in [6.07, 6.45) is -4.86. The topological polar surface area (TPSA) is 29.1 Å². The van der Waals surface area contributed by atoms with Crippen LogP contribution < -0.4 is 5.32 Å². The molecule has 0 aromatic heterocycles. The van der Waals surface area contributed by atoms with E-state index in [9.17, 15) is 18.0 Å². The lowest BCUT2D eigenvalue weighted by atomic mass is 9.89. The first-order chi connectivity index (χ1) is 13.3. The average Bonchev–Trinajstić information content (AvgIpc) is 2.69. The molecule has 28 heavy (non-hydrogen) atoms. The molecule has 1 amide bonds. The largest absolute Gasteiger partial charge is 0.417 e. The van der Waals surface area contributed by atoms with Crippen LogP contribution in [0.25, 0.3) is 22.3 Å². The summed E-state index contributed by atoms with van der Waals surface area (Å²) in [5, 5.41) is 2.20. The number of alkyl halides is 3. The maximum atomic E-state index is 15.1. The Morgan fingerprint density at radius 3 is 2.04 bits per heavy atom. The number of halogens is 4. The van der Waals surface area contributed by atoms with Crippen LogP contribution in [-0.2, 0) is 6.18 Å². The molecule has 0 unspecified atom stereocenters. The minimum absolute atomic E-state index is 0.0523. The molecular weight excluding hydrogens is 370 g/mol. The molecule has 1 N–H and O–H groups in total. The van der Waals surface area contributed by atoms with Gasteiger partial charge in [-0.2, -0.15) is 13.2 Å². The fourth-order valence-corrected chi connectivity index (χ4v) is 3.26. The third kappa shape index (κ3) is 3.50. The number of carbonyl (C=O) groups is 1. The summed E-state index contributed by atoms with van der Waals surface area (Å²) in [7, 11) is 1.23. The highest BCUT2D eigenvalue weighted by Gasteiger charge is 2.39. The summed E-state index contributed by atoms with van der Waals surface area (Å²) in [6, 6.07) is 16.9. The lowest BCUT2D eigenvalue weighted by molar-refractivity contribution is -0.138. The zero-order valence-corrected chi connectivity index (χ0v) is 15.2. The number of benzene rings is 3. The number of hydrogen-bond donors (Lipinski definition) is 1. The second-order valence-corrected chi connectivity index (χ2v) is 6.27. The van der Waals surface area contributed by atoms with Gasteiger partial charge < -0.3 is 5.32 Å². The van der Waals surface area contributed by atoms with Gasteiger partial charge in [0.25, 0.3) is 5.91 Å². The highest BCUT2D eigenvalue weighted by Crippen LogP contribution is 2.41. The molecule has 0 saturated carbocycles. The summed E-state index contributed by atoms with van der Waals surface area (Å²) in [6.45, 7) is 1.04. The molecule has 0 atom stereocenters. The van der Waals surface area contributed by atoms with E-state index in [1.807, 2.05) is 30.3 Å². The third-order valence-corrected chi connectivity index (χ3v) is 4.56. The fourth-order valence-electron chi connectivity index (χ4n) is 3.26. The predicted octanol–water partition coefficient (Wildman–Crippen LogP) is 5.85. The molecule has 0 saturated heterocycles. The minimum Gasteiger partial charge on any atom is -0.355 e. The Kier molecular flexibility index (Phi) is 5.23.